The van der Waals surface area contributed by atoms with E-state index in [1.807, 2.05) is 31.2 Å². The average molecular weight is 307 g/mol. The molecule has 0 saturated heterocycles. The molecule has 1 aliphatic rings. The molecule has 0 radical (unpaired) electrons. The standard InChI is InChI=1S/C18H17N3O2/c1-11-3-2-4-12(9-11)14-7-8-23-16-6-5-13(10-15(14)16)17(22)21-18(19)20/h2-7,9-10H,8H2,1H3,(H4,19,20,21,22). The van der Waals surface area contributed by atoms with Crippen LogP contribution in [0.25, 0.3) is 5.57 Å². The van der Waals surface area contributed by atoms with E-state index in [4.69, 9.17) is 16.2 Å². The molecule has 2 aromatic carbocycles. The van der Waals surface area contributed by atoms with Gasteiger partial charge in [0.1, 0.15) is 12.4 Å². The first-order valence-corrected chi connectivity index (χ1v) is 7.23. The van der Waals surface area contributed by atoms with Crippen molar-refractivity contribution >= 4 is 17.4 Å². The minimum atomic E-state index is -0.470. The minimum Gasteiger partial charge on any atom is -0.489 e. The molecule has 0 fully saturated rings. The molecule has 1 aliphatic heterocycles. The van der Waals surface area contributed by atoms with E-state index in [1.54, 1.807) is 18.2 Å². The fourth-order valence-corrected chi connectivity index (χ4v) is 2.59. The minimum absolute atomic E-state index is 0.251. The third-order valence-electron chi connectivity index (χ3n) is 3.60. The summed E-state index contributed by atoms with van der Waals surface area (Å²) in [4.78, 5) is 15.6. The number of nitrogens with two attached hydrogens (primary N) is 2. The van der Waals surface area contributed by atoms with Crippen LogP contribution in [0.2, 0.25) is 0 Å². The van der Waals surface area contributed by atoms with Crippen molar-refractivity contribution in [2.75, 3.05) is 6.61 Å². The van der Waals surface area contributed by atoms with Crippen LogP contribution in [0.5, 0.6) is 5.75 Å². The van der Waals surface area contributed by atoms with Crippen LogP contribution in [0.15, 0.2) is 53.5 Å². The second-order valence-electron chi connectivity index (χ2n) is 5.35. The van der Waals surface area contributed by atoms with E-state index in [0.717, 1.165) is 22.4 Å². The first-order valence-electron chi connectivity index (χ1n) is 7.23. The maximum absolute atomic E-state index is 12.0. The number of ether oxygens (including phenoxy) is 1. The Labute approximate surface area is 134 Å². The van der Waals surface area contributed by atoms with Gasteiger partial charge in [-0.25, -0.2) is 0 Å². The summed E-state index contributed by atoms with van der Waals surface area (Å²) in [5.74, 6) is 0.0191. The molecular formula is C18H17N3O2. The van der Waals surface area contributed by atoms with Crippen LogP contribution < -0.4 is 16.2 Å². The highest BCUT2D eigenvalue weighted by Gasteiger charge is 2.18. The number of carbonyl (C=O) groups is 1. The molecule has 116 valence electrons. The number of amides is 1. The highest BCUT2D eigenvalue weighted by Crippen LogP contribution is 2.35. The predicted octanol–water partition coefficient (Wildman–Crippen LogP) is 2.23. The van der Waals surface area contributed by atoms with Crippen molar-refractivity contribution in [1.29, 1.82) is 0 Å². The van der Waals surface area contributed by atoms with Crippen LogP contribution in [-0.2, 0) is 0 Å². The van der Waals surface area contributed by atoms with Gasteiger partial charge in [0, 0.05) is 11.1 Å². The zero-order valence-electron chi connectivity index (χ0n) is 12.7. The normalized spacial score (nSPS) is 12.7. The number of aliphatic imine (C=N–C) groups is 1. The van der Waals surface area contributed by atoms with E-state index in [9.17, 15) is 4.79 Å². The van der Waals surface area contributed by atoms with Crippen molar-refractivity contribution in [3.05, 3.63) is 70.8 Å². The SMILES string of the molecule is Cc1cccc(C2=CCOc3ccc(C(=O)N=C(N)N)cc32)c1. The molecule has 1 amide bonds. The number of fused-ring (bicyclic) bond motifs is 1. The Morgan fingerprint density at radius 2 is 2.00 bits per heavy atom. The van der Waals surface area contributed by atoms with Gasteiger partial charge in [-0.3, -0.25) is 4.79 Å². The summed E-state index contributed by atoms with van der Waals surface area (Å²) >= 11 is 0. The van der Waals surface area contributed by atoms with E-state index < -0.39 is 5.91 Å². The Hall–Kier alpha value is -3.08. The molecule has 3 rings (SSSR count). The lowest BCUT2D eigenvalue weighted by molar-refractivity contribution is 0.100. The van der Waals surface area contributed by atoms with Gasteiger partial charge >= 0.3 is 0 Å². The van der Waals surface area contributed by atoms with Crippen molar-refractivity contribution in [1.82, 2.24) is 0 Å². The van der Waals surface area contributed by atoms with E-state index in [0.29, 0.717) is 12.2 Å². The van der Waals surface area contributed by atoms with Gasteiger partial charge < -0.3 is 16.2 Å². The summed E-state index contributed by atoms with van der Waals surface area (Å²) in [5.41, 5.74) is 15.1. The highest BCUT2D eigenvalue weighted by molar-refractivity contribution is 6.03. The Bertz CT molecular complexity index is 834. The molecule has 0 aromatic heterocycles. The lowest BCUT2D eigenvalue weighted by atomic mass is 9.93. The van der Waals surface area contributed by atoms with E-state index in [1.165, 1.54) is 5.56 Å². The van der Waals surface area contributed by atoms with Crippen molar-refractivity contribution in [3.8, 4) is 5.75 Å². The van der Waals surface area contributed by atoms with Crippen LogP contribution in [-0.4, -0.2) is 18.5 Å². The number of hydrogen-bond donors (Lipinski definition) is 2. The largest absolute Gasteiger partial charge is 0.489 e. The Morgan fingerprint density at radius 3 is 2.74 bits per heavy atom. The van der Waals surface area contributed by atoms with Crippen LogP contribution in [0.1, 0.15) is 27.0 Å². The summed E-state index contributed by atoms with van der Waals surface area (Å²) in [7, 11) is 0. The van der Waals surface area contributed by atoms with E-state index >= 15 is 0 Å². The third-order valence-corrected chi connectivity index (χ3v) is 3.60. The summed E-state index contributed by atoms with van der Waals surface area (Å²) in [6.45, 7) is 2.54. The molecule has 0 bridgehead atoms. The Kier molecular flexibility index (Phi) is 3.85. The van der Waals surface area contributed by atoms with Crippen molar-refractivity contribution < 1.29 is 9.53 Å². The first kappa shape index (κ1) is 14.8. The van der Waals surface area contributed by atoms with Gasteiger partial charge in [-0.1, -0.05) is 29.8 Å². The second kappa shape index (κ2) is 5.96. The Morgan fingerprint density at radius 1 is 1.17 bits per heavy atom. The molecular weight excluding hydrogens is 290 g/mol. The van der Waals surface area contributed by atoms with E-state index in [2.05, 4.69) is 11.1 Å². The molecule has 5 heteroatoms. The molecule has 23 heavy (non-hydrogen) atoms. The third kappa shape index (κ3) is 3.08. The zero-order chi connectivity index (χ0) is 16.4. The molecule has 0 atom stereocenters. The number of guanidine groups is 1. The topological polar surface area (TPSA) is 90.7 Å². The number of benzene rings is 2. The van der Waals surface area contributed by atoms with Crippen molar-refractivity contribution in [2.24, 2.45) is 16.5 Å². The fraction of sp³-hybridized carbons (Fsp3) is 0.111. The van der Waals surface area contributed by atoms with Gasteiger partial charge in [-0.05, 0) is 42.3 Å². The van der Waals surface area contributed by atoms with Crippen LogP contribution >= 0.6 is 0 Å². The van der Waals surface area contributed by atoms with Gasteiger partial charge in [0.2, 0.25) is 0 Å². The maximum atomic E-state index is 12.0. The lowest BCUT2D eigenvalue weighted by Crippen LogP contribution is -2.24. The van der Waals surface area contributed by atoms with Gasteiger partial charge in [0.15, 0.2) is 5.96 Å². The molecule has 0 spiro atoms. The smallest absolute Gasteiger partial charge is 0.280 e. The van der Waals surface area contributed by atoms with Gasteiger partial charge in [-0.2, -0.15) is 4.99 Å². The van der Waals surface area contributed by atoms with Gasteiger partial charge in [-0.15, -0.1) is 0 Å². The number of aryl methyl sites for hydroxylation is 1. The van der Waals surface area contributed by atoms with E-state index in [-0.39, 0.29) is 5.96 Å². The molecule has 5 nitrogen and oxygen atoms in total. The maximum Gasteiger partial charge on any atom is 0.280 e. The predicted molar refractivity (Wildman–Crippen MR) is 90.3 cm³/mol. The monoisotopic (exact) mass is 307 g/mol. The molecule has 0 aliphatic carbocycles. The molecule has 0 saturated carbocycles. The summed E-state index contributed by atoms with van der Waals surface area (Å²) in [5, 5.41) is 0. The van der Waals surface area contributed by atoms with Crippen LogP contribution in [0.3, 0.4) is 0 Å². The van der Waals surface area contributed by atoms with Crippen LogP contribution in [0, 0.1) is 6.92 Å². The lowest BCUT2D eigenvalue weighted by Gasteiger charge is -2.20. The summed E-state index contributed by atoms with van der Waals surface area (Å²) in [6.07, 6.45) is 2.01. The highest BCUT2D eigenvalue weighted by atomic mass is 16.5. The van der Waals surface area contributed by atoms with Gasteiger partial charge in [0.25, 0.3) is 5.91 Å². The van der Waals surface area contributed by atoms with Gasteiger partial charge in [0.05, 0.1) is 0 Å². The number of nitrogens with zero attached hydrogens (tertiary/aromatic N) is 1. The van der Waals surface area contributed by atoms with Crippen LogP contribution in [0.4, 0.5) is 0 Å². The summed E-state index contributed by atoms with van der Waals surface area (Å²) in [6, 6.07) is 13.4. The second-order valence-corrected chi connectivity index (χ2v) is 5.35. The average Bonchev–Trinajstić information content (AvgIpc) is 2.53. The number of rotatable bonds is 2. The molecule has 0 unspecified atom stereocenters. The number of hydrogen-bond acceptors (Lipinski definition) is 2. The van der Waals surface area contributed by atoms with Crippen molar-refractivity contribution in [3.63, 3.8) is 0 Å². The molecule has 4 N–H and O–H groups in total. The fourth-order valence-electron chi connectivity index (χ4n) is 2.59. The summed E-state index contributed by atoms with van der Waals surface area (Å²) < 4.78 is 5.65. The first-order chi connectivity index (χ1) is 11.0. The zero-order valence-corrected chi connectivity index (χ0v) is 12.7. The quantitative estimate of drug-likeness (QED) is 0.657. The Balaban J connectivity index is 2.07. The molecule has 2 aromatic rings. The number of carbonyl (C=O) groups excluding carboxylic acids is 1. The van der Waals surface area contributed by atoms with Crippen molar-refractivity contribution in [2.45, 2.75) is 6.92 Å². The molecule has 1 heterocycles.